The van der Waals surface area contributed by atoms with Gasteiger partial charge in [0.25, 0.3) is 5.91 Å². The van der Waals surface area contributed by atoms with Gasteiger partial charge in [0.05, 0.1) is 6.54 Å². The van der Waals surface area contributed by atoms with E-state index in [9.17, 15) is 18.0 Å². The molecule has 3 aromatic carbocycles. The van der Waals surface area contributed by atoms with Crippen LogP contribution in [0.3, 0.4) is 0 Å². The Bertz CT molecular complexity index is 1550. The lowest BCUT2D eigenvalue weighted by molar-refractivity contribution is 0.0945. The molecule has 5 rings (SSSR count). The van der Waals surface area contributed by atoms with Gasteiger partial charge in [-0.15, -0.1) is 0 Å². The van der Waals surface area contributed by atoms with Gasteiger partial charge >= 0.3 is 0 Å². The molecule has 0 bridgehead atoms. The van der Waals surface area contributed by atoms with E-state index < -0.39 is 17.5 Å². The van der Waals surface area contributed by atoms with E-state index in [1.807, 2.05) is 35.4 Å². The summed E-state index contributed by atoms with van der Waals surface area (Å²) in [7, 11) is 0. The maximum Gasteiger partial charge on any atom is 0.273 e. The van der Waals surface area contributed by atoms with Crippen LogP contribution in [-0.4, -0.2) is 27.3 Å². The molecule has 9 heteroatoms. The van der Waals surface area contributed by atoms with Crippen molar-refractivity contribution in [2.24, 2.45) is 0 Å². The number of hydrogen-bond acceptors (Lipinski definition) is 4. The van der Waals surface area contributed by atoms with Gasteiger partial charge in [0.15, 0.2) is 5.69 Å². The second-order valence-corrected chi connectivity index (χ2v) is 8.99. The number of nitrogens with one attached hydrogen (secondary N) is 2. The predicted molar refractivity (Wildman–Crippen MR) is 137 cm³/mol. The lowest BCUT2D eigenvalue weighted by Gasteiger charge is -2.21. The number of fused-ring (bicyclic) bond motifs is 1. The Morgan fingerprint density at radius 3 is 2.55 bits per heavy atom. The van der Waals surface area contributed by atoms with E-state index in [2.05, 4.69) is 15.3 Å². The Morgan fingerprint density at radius 2 is 1.74 bits per heavy atom. The number of H-pyrrole nitrogens is 1. The monoisotopic (exact) mass is 518 g/mol. The molecule has 2 heterocycles. The van der Waals surface area contributed by atoms with E-state index in [0.717, 1.165) is 28.1 Å². The molecule has 194 valence electrons. The summed E-state index contributed by atoms with van der Waals surface area (Å²) in [5.41, 5.74) is 3.33. The Morgan fingerprint density at radius 1 is 0.947 bits per heavy atom. The van der Waals surface area contributed by atoms with Crippen molar-refractivity contribution in [3.05, 3.63) is 125 Å². The molecule has 0 radical (unpaired) electrons. The Labute approximate surface area is 217 Å². The number of halogens is 3. The number of rotatable bonds is 10. The topological polar surface area (TPSA) is 74.2 Å². The molecule has 38 heavy (non-hydrogen) atoms. The Balaban J connectivity index is 1.28. The quantitative estimate of drug-likeness (QED) is 0.247. The molecular weight excluding hydrogens is 493 g/mol. The third kappa shape index (κ3) is 6.12. The van der Waals surface area contributed by atoms with Gasteiger partial charge in [-0.3, -0.25) is 9.69 Å². The molecule has 2 N–H and O–H groups in total. The molecule has 0 saturated heterocycles. The fraction of sp³-hybridized carbons (Fsp3) is 0.172. The summed E-state index contributed by atoms with van der Waals surface area (Å²) in [6.45, 7) is 1.16. The third-order valence-electron chi connectivity index (χ3n) is 6.29. The molecule has 0 aliphatic heterocycles. The summed E-state index contributed by atoms with van der Waals surface area (Å²) in [6.07, 6.45) is 3.89. The molecule has 0 atom stereocenters. The van der Waals surface area contributed by atoms with Crippen molar-refractivity contribution < 1.29 is 22.4 Å². The van der Waals surface area contributed by atoms with E-state index in [1.54, 1.807) is 12.1 Å². The molecule has 0 unspecified atom stereocenters. The van der Waals surface area contributed by atoms with Crippen LogP contribution in [0.2, 0.25) is 0 Å². The van der Waals surface area contributed by atoms with Crippen LogP contribution < -0.4 is 5.32 Å². The van der Waals surface area contributed by atoms with E-state index >= 15 is 0 Å². The number of oxazole rings is 1. The summed E-state index contributed by atoms with van der Waals surface area (Å²) < 4.78 is 46.5. The zero-order valence-corrected chi connectivity index (χ0v) is 20.4. The SMILES string of the molecule is O=C(NCc1ccc(F)cc1)c1coc(CN(CCc2c[nH]c3ccccc23)Cc2ccc(F)cc2F)n1. The number of aromatic nitrogens is 2. The van der Waals surface area contributed by atoms with Gasteiger partial charge in [0.2, 0.25) is 5.89 Å². The number of benzene rings is 3. The minimum atomic E-state index is -0.638. The van der Waals surface area contributed by atoms with Gasteiger partial charge in [-0.2, -0.15) is 0 Å². The van der Waals surface area contributed by atoms with Crippen LogP contribution in [0.5, 0.6) is 0 Å². The normalized spacial score (nSPS) is 11.4. The molecule has 0 spiro atoms. The van der Waals surface area contributed by atoms with Crippen molar-refractivity contribution >= 4 is 16.8 Å². The number of para-hydroxylation sites is 1. The van der Waals surface area contributed by atoms with Gasteiger partial charge in [-0.1, -0.05) is 36.4 Å². The standard InChI is InChI=1S/C29H25F3N4O2/c30-22-8-5-19(6-9-22)14-34-29(37)27-18-38-28(35-27)17-36(16-21-7-10-23(31)13-25(21)32)12-11-20-15-33-26-4-2-1-3-24(20)26/h1-10,13,15,18,33H,11-12,14,16-17H2,(H,34,37). The lowest BCUT2D eigenvalue weighted by Crippen LogP contribution is -2.26. The minimum absolute atomic E-state index is 0.103. The van der Waals surface area contributed by atoms with Gasteiger partial charge in [-0.05, 0) is 41.8 Å². The molecule has 0 saturated carbocycles. The summed E-state index contributed by atoms with van der Waals surface area (Å²) in [5.74, 6) is -1.76. The van der Waals surface area contributed by atoms with E-state index in [4.69, 9.17) is 4.42 Å². The lowest BCUT2D eigenvalue weighted by atomic mass is 10.1. The van der Waals surface area contributed by atoms with Crippen LogP contribution >= 0.6 is 0 Å². The molecule has 0 aliphatic rings. The number of carbonyl (C=O) groups excluding carboxylic acids is 1. The number of carbonyl (C=O) groups is 1. The number of amides is 1. The molecule has 2 aromatic heterocycles. The second kappa shape index (κ2) is 11.4. The molecular formula is C29H25F3N4O2. The summed E-state index contributed by atoms with van der Waals surface area (Å²) in [6, 6.07) is 17.3. The third-order valence-corrected chi connectivity index (χ3v) is 6.29. The van der Waals surface area contributed by atoms with Crippen LogP contribution in [-0.2, 0) is 26.1 Å². The molecule has 0 fully saturated rings. The van der Waals surface area contributed by atoms with Crippen molar-refractivity contribution in [2.75, 3.05) is 6.54 Å². The maximum absolute atomic E-state index is 14.4. The average molecular weight is 519 g/mol. The minimum Gasteiger partial charge on any atom is -0.447 e. The zero-order valence-electron chi connectivity index (χ0n) is 20.4. The first-order chi connectivity index (χ1) is 18.4. The highest BCUT2D eigenvalue weighted by atomic mass is 19.1. The van der Waals surface area contributed by atoms with Crippen LogP contribution in [0.25, 0.3) is 10.9 Å². The Kier molecular flexibility index (Phi) is 7.55. The van der Waals surface area contributed by atoms with Crippen LogP contribution in [0, 0.1) is 17.5 Å². The summed E-state index contributed by atoms with van der Waals surface area (Å²) >= 11 is 0. The van der Waals surface area contributed by atoms with Gasteiger partial charge in [0.1, 0.15) is 23.7 Å². The summed E-state index contributed by atoms with van der Waals surface area (Å²) in [4.78, 5) is 22.0. The van der Waals surface area contributed by atoms with Crippen LogP contribution in [0.4, 0.5) is 13.2 Å². The second-order valence-electron chi connectivity index (χ2n) is 8.99. The molecule has 6 nitrogen and oxygen atoms in total. The smallest absolute Gasteiger partial charge is 0.273 e. The van der Waals surface area contributed by atoms with E-state index in [1.165, 1.54) is 30.5 Å². The molecule has 0 aliphatic carbocycles. The highest BCUT2D eigenvalue weighted by molar-refractivity contribution is 5.91. The molecule has 1 amide bonds. The van der Waals surface area contributed by atoms with Gasteiger partial charge in [-0.25, -0.2) is 18.2 Å². The van der Waals surface area contributed by atoms with Gasteiger partial charge in [0, 0.05) is 48.4 Å². The van der Waals surface area contributed by atoms with Crippen molar-refractivity contribution in [1.82, 2.24) is 20.2 Å². The molecule has 5 aromatic rings. The maximum atomic E-state index is 14.4. The van der Waals surface area contributed by atoms with Crippen molar-refractivity contribution in [3.8, 4) is 0 Å². The van der Waals surface area contributed by atoms with E-state index in [-0.39, 0.29) is 31.1 Å². The van der Waals surface area contributed by atoms with Crippen molar-refractivity contribution in [3.63, 3.8) is 0 Å². The van der Waals surface area contributed by atoms with Crippen LogP contribution in [0.15, 0.2) is 83.6 Å². The number of hydrogen-bond donors (Lipinski definition) is 2. The number of aromatic amines is 1. The highest BCUT2D eigenvalue weighted by Crippen LogP contribution is 2.20. The predicted octanol–water partition coefficient (Wildman–Crippen LogP) is 5.75. The fourth-order valence-electron chi connectivity index (χ4n) is 4.28. The van der Waals surface area contributed by atoms with E-state index in [0.29, 0.717) is 24.4 Å². The first-order valence-electron chi connectivity index (χ1n) is 12.1. The fourth-order valence-corrected chi connectivity index (χ4v) is 4.28. The Hall–Kier alpha value is -4.37. The number of nitrogens with zero attached hydrogens (tertiary/aromatic N) is 2. The highest BCUT2D eigenvalue weighted by Gasteiger charge is 2.17. The largest absolute Gasteiger partial charge is 0.447 e. The van der Waals surface area contributed by atoms with Crippen LogP contribution in [0.1, 0.15) is 33.1 Å². The summed E-state index contributed by atoms with van der Waals surface area (Å²) in [5, 5.41) is 3.84. The average Bonchev–Trinajstić information content (AvgIpc) is 3.55. The zero-order chi connectivity index (χ0) is 26.5. The first kappa shape index (κ1) is 25.3. The van der Waals surface area contributed by atoms with Crippen molar-refractivity contribution in [1.29, 1.82) is 0 Å². The first-order valence-corrected chi connectivity index (χ1v) is 12.1. The van der Waals surface area contributed by atoms with Crippen molar-refractivity contribution in [2.45, 2.75) is 26.1 Å². The van der Waals surface area contributed by atoms with Gasteiger partial charge < -0.3 is 14.7 Å².